The Morgan fingerprint density at radius 3 is 2.63 bits per heavy atom. The third kappa shape index (κ3) is 3.46. The SMILES string of the molecule is COC[C@H]1O[C@](O)(n2cnc3c(Cl)ncnc32)[C@H](OC(C)=O)[C@@H]1OC(C)=O. The topological polar surface area (TPSA) is 135 Å². The van der Waals surface area contributed by atoms with E-state index >= 15 is 0 Å². The summed E-state index contributed by atoms with van der Waals surface area (Å²) in [5.41, 5.74) is 0.339. The summed E-state index contributed by atoms with van der Waals surface area (Å²) >= 11 is 5.99. The predicted molar refractivity (Wildman–Crippen MR) is 88.4 cm³/mol. The van der Waals surface area contributed by atoms with Gasteiger partial charge in [-0.15, -0.1) is 0 Å². The molecule has 0 amide bonds. The number of rotatable bonds is 5. The number of esters is 2. The fourth-order valence-corrected chi connectivity index (χ4v) is 3.12. The van der Waals surface area contributed by atoms with Crippen molar-refractivity contribution in [3.8, 4) is 0 Å². The van der Waals surface area contributed by atoms with Gasteiger partial charge in [0.15, 0.2) is 16.9 Å². The molecule has 1 N–H and O–H groups in total. The van der Waals surface area contributed by atoms with Crippen LogP contribution in [0.1, 0.15) is 13.8 Å². The van der Waals surface area contributed by atoms with Crippen molar-refractivity contribution in [2.45, 2.75) is 38.1 Å². The van der Waals surface area contributed by atoms with Crippen LogP contribution in [0.25, 0.3) is 11.2 Å². The van der Waals surface area contributed by atoms with Crippen LogP contribution in [0.4, 0.5) is 0 Å². The lowest BCUT2D eigenvalue weighted by Crippen LogP contribution is -2.49. The first-order valence-electron chi connectivity index (χ1n) is 7.85. The van der Waals surface area contributed by atoms with Gasteiger partial charge in [0.05, 0.1) is 6.61 Å². The van der Waals surface area contributed by atoms with Crippen molar-refractivity contribution in [1.29, 1.82) is 0 Å². The summed E-state index contributed by atoms with van der Waals surface area (Å²) in [6, 6.07) is 0. The number of carbonyl (C=O) groups excluding carboxylic acids is 2. The third-order valence-electron chi connectivity index (χ3n) is 3.92. The summed E-state index contributed by atoms with van der Waals surface area (Å²) in [5.74, 6) is -3.64. The highest BCUT2D eigenvalue weighted by Gasteiger charge is 2.60. The standard InChI is InChI=1S/C15H17ClN4O7/c1-7(21)25-11-9(4-24-3)27-15(23,12(11)26-8(2)22)20-6-19-10-13(16)17-5-18-14(10)20/h5-6,9,11-12,23H,4H2,1-3H3/t9-,11-,12-,15+/m1/s1. The molecule has 0 aliphatic carbocycles. The first-order chi connectivity index (χ1) is 12.8. The molecule has 0 radical (unpaired) electrons. The molecular formula is C15H17ClN4O7. The summed E-state index contributed by atoms with van der Waals surface area (Å²) in [5, 5.41) is 11.4. The second-order valence-corrected chi connectivity index (χ2v) is 6.18. The average Bonchev–Trinajstić information content (AvgIpc) is 3.12. The fraction of sp³-hybridized carbons (Fsp3) is 0.533. The highest BCUT2D eigenvalue weighted by Crippen LogP contribution is 2.39. The minimum Gasteiger partial charge on any atom is -0.455 e. The molecule has 3 heterocycles. The van der Waals surface area contributed by atoms with E-state index in [1.165, 1.54) is 26.7 Å². The molecule has 0 bridgehead atoms. The Morgan fingerprint density at radius 1 is 1.30 bits per heavy atom. The zero-order chi connectivity index (χ0) is 19.8. The minimum absolute atomic E-state index is 0.0413. The summed E-state index contributed by atoms with van der Waals surface area (Å²) in [4.78, 5) is 35.1. The predicted octanol–water partition coefficient (Wildman–Crippen LogP) is -0.00910. The molecule has 4 atom stereocenters. The molecule has 2 aromatic rings. The van der Waals surface area contributed by atoms with E-state index in [-0.39, 0.29) is 22.9 Å². The number of ether oxygens (including phenoxy) is 4. The number of methoxy groups -OCH3 is 1. The minimum atomic E-state index is -2.28. The second kappa shape index (κ2) is 7.35. The molecule has 3 rings (SSSR count). The molecule has 0 spiro atoms. The van der Waals surface area contributed by atoms with Gasteiger partial charge in [-0.25, -0.2) is 15.0 Å². The van der Waals surface area contributed by atoms with Gasteiger partial charge < -0.3 is 24.1 Å². The average molecular weight is 401 g/mol. The maximum Gasteiger partial charge on any atom is 0.303 e. The monoisotopic (exact) mass is 400 g/mol. The molecule has 11 nitrogen and oxygen atoms in total. The van der Waals surface area contributed by atoms with E-state index in [1.54, 1.807) is 0 Å². The number of fused-ring (bicyclic) bond motifs is 1. The van der Waals surface area contributed by atoms with Crippen molar-refractivity contribution < 1.29 is 33.6 Å². The molecule has 0 unspecified atom stereocenters. The van der Waals surface area contributed by atoms with Gasteiger partial charge in [0, 0.05) is 21.0 Å². The molecule has 1 fully saturated rings. The number of hydrogen-bond donors (Lipinski definition) is 1. The van der Waals surface area contributed by atoms with Gasteiger partial charge in [0.1, 0.15) is 24.3 Å². The molecule has 146 valence electrons. The lowest BCUT2D eigenvalue weighted by Gasteiger charge is -2.30. The summed E-state index contributed by atoms with van der Waals surface area (Å²) in [7, 11) is 1.41. The summed E-state index contributed by atoms with van der Waals surface area (Å²) < 4.78 is 22.4. The lowest BCUT2D eigenvalue weighted by atomic mass is 10.1. The van der Waals surface area contributed by atoms with Crippen LogP contribution in [-0.2, 0) is 34.4 Å². The zero-order valence-electron chi connectivity index (χ0n) is 14.7. The number of aromatic nitrogens is 4. The molecule has 1 saturated heterocycles. The maximum absolute atomic E-state index is 11.6. The van der Waals surface area contributed by atoms with Gasteiger partial charge >= 0.3 is 11.9 Å². The Hall–Kier alpha value is -2.34. The van der Waals surface area contributed by atoms with Crippen molar-refractivity contribution in [2.24, 2.45) is 0 Å². The Bertz CT molecular complexity index is 875. The van der Waals surface area contributed by atoms with Crippen LogP contribution < -0.4 is 0 Å². The van der Waals surface area contributed by atoms with Gasteiger partial charge in [0.25, 0.3) is 5.91 Å². The van der Waals surface area contributed by atoms with E-state index in [9.17, 15) is 14.7 Å². The molecule has 27 heavy (non-hydrogen) atoms. The van der Waals surface area contributed by atoms with E-state index < -0.39 is 36.2 Å². The number of hydrogen-bond acceptors (Lipinski definition) is 10. The Morgan fingerprint density at radius 2 is 2.00 bits per heavy atom. The molecule has 1 aliphatic rings. The number of nitrogens with zero attached hydrogens (tertiary/aromatic N) is 4. The van der Waals surface area contributed by atoms with Crippen LogP contribution in [0.3, 0.4) is 0 Å². The smallest absolute Gasteiger partial charge is 0.303 e. The van der Waals surface area contributed by atoms with Gasteiger partial charge in [-0.1, -0.05) is 11.6 Å². The first kappa shape index (κ1) is 19.4. The van der Waals surface area contributed by atoms with Crippen LogP contribution >= 0.6 is 11.6 Å². The molecule has 12 heteroatoms. The van der Waals surface area contributed by atoms with Crippen LogP contribution in [0.15, 0.2) is 12.7 Å². The maximum atomic E-state index is 11.6. The van der Waals surface area contributed by atoms with E-state index in [1.807, 2.05) is 0 Å². The molecule has 1 aliphatic heterocycles. The van der Waals surface area contributed by atoms with E-state index in [2.05, 4.69) is 15.0 Å². The highest BCUT2D eigenvalue weighted by molar-refractivity contribution is 6.33. The van der Waals surface area contributed by atoms with Crippen molar-refractivity contribution in [2.75, 3.05) is 13.7 Å². The van der Waals surface area contributed by atoms with Crippen molar-refractivity contribution in [3.63, 3.8) is 0 Å². The van der Waals surface area contributed by atoms with Crippen molar-refractivity contribution in [1.82, 2.24) is 19.5 Å². The quantitative estimate of drug-likeness (QED) is 0.539. The van der Waals surface area contributed by atoms with Crippen molar-refractivity contribution >= 4 is 34.7 Å². The van der Waals surface area contributed by atoms with Crippen LogP contribution in [0.2, 0.25) is 5.15 Å². The van der Waals surface area contributed by atoms with E-state index in [0.717, 1.165) is 11.5 Å². The lowest BCUT2D eigenvalue weighted by molar-refractivity contribution is -0.290. The summed E-state index contributed by atoms with van der Waals surface area (Å²) in [6.45, 7) is 2.30. The molecule has 0 aromatic carbocycles. The number of imidazole rings is 1. The zero-order valence-corrected chi connectivity index (χ0v) is 15.4. The van der Waals surface area contributed by atoms with Gasteiger partial charge in [-0.2, -0.15) is 0 Å². The van der Waals surface area contributed by atoms with Crippen LogP contribution in [-0.4, -0.2) is 68.6 Å². The normalized spacial score (nSPS) is 27.7. The van der Waals surface area contributed by atoms with Crippen LogP contribution in [0.5, 0.6) is 0 Å². The molecular weight excluding hydrogens is 384 g/mol. The van der Waals surface area contributed by atoms with Gasteiger partial charge in [-0.3, -0.25) is 14.2 Å². The van der Waals surface area contributed by atoms with Crippen molar-refractivity contribution in [3.05, 3.63) is 17.8 Å². The van der Waals surface area contributed by atoms with Gasteiger partial charge in [-0.05, 0) is 0 Å². The van der Waals surface area contributed by atoms with E-state index in [0.29, 0.717) is 0 Å². The first-order valence-corrected chi connectivity index (χ1v) is 8.23. The third-order valence-corrected chi connectivity index (χ3v) is 4.20. The largest absolute Gasteiger partial charge is 0.455 e. The fourth-order valence-electron chi connectivity index (χ4n) is 2.95. The summed E-state index contributed by atoms with van der Waals surface area (Å²) in [6.07, 6.45) is -1.08. The molecule has 0 saturated carbocycles. The Balaban J connectivity index is 2.12. The Kier molecular flexibility index (Phi) is 5.29. The van der Waals surface area contributed by atoms with Crippen LogP contribution in [0, 0.1) is 0 Å². The molecule has 2 aromatic heterocycles. The van der Waals surface area contributed by atoms with E-state index in [4.69, 9.17) is 30.5 Å². The second-order valence-electron chi connectivity index (χ2n) is 5.83. The number of aliphatic hydroxyl groups is 1. The highest BCUT2D eigenvalue weighted by atomic mass is 35.5. The number of carbonyl (C=O) groups is 2. The number of halogens is 1. The Labute approximate surface area is 158 Å². The van der Waals surface area contributed by atoms with Gasteiger partial charge in [0.2, 0.25) is 6.10 Å².